The smallest absolute Gasteiger partial charge is 0.000351 e. The highest BCUT2D eigenvalue weighted by Gasteiger charge is 2.33. The Balaban J connectivity index is 4.46. The van der Waals surface area contributed by atoms with Crippen molar-refractivity contribution in [3.05, 3.63) is 0 Å². The van der Waals surface area contributed by atoms with Gasteiger partial charge in [0, 0.05) is 0 Å². The van der Waals surface area contributed by atoms with Gasteiger partial charge >= 0.3 is 0 Å². The second-order valence-electron chi connectivity index (χ2n) is 3.95. The van der Waals surface area contributed by atoms with Gasteiger partial charge in [0.15, 0.2) is 0 Å². The molecule has 68 valence electrons. The second kappa shape index (κ2) is 4.07. The summed E-state index contributed by atoms with van der Waals surface area (Å²) in [5, 5.41) is 0. The van der Waals surface area contributed by atoms with E-state index in [0.717, 1.165) is 0 Å². The molecule has 0 saturated heterocycles. The molecule has 0 amide bonds. The van der Waals surface area contributed by atoms with Gasteiger partial charge in [0.25, 0.3) is 0 Å². The van der Waals surface area contributed by atoms with Gasteiger partial charge in [0.05, 0.1) is 0 Å². The number of hydrogen-bond donors (Lipinski definition) is 2. The van der Waals surface area contributed by atoms with Crippen LogP contribution in [-0.2, 0) is 0 Å². The van der Waals surface area contributed by atoms with Gasteiger partial charge in [-0.05, 0) is 30.3 Å². The molecular formula is C9H22N2. The van der Waals surface area contributed by atoms with Crippen LogP contribution in [0.15, 0.2) is 0 Å². The maximum absolute atomic E-state index is 5.74. The first-order valence-corrected chi connectivity index (χ1v) is 4.41. The molecule has 0 aliphatic rings. The Morgan fingerprint density at radius 1 is 0.909 bits per heavy atom. The molecule has 0 spiro atoms. The van der Waals surface area contributed by atoms with Crippen molar-refractivity contribution in [2.24, 2.45) is 28.7 Å². The summed E-state index contributed by atoms with van der Waals surface area (Å²) >= 11 is 0. The second-order valence-corrected chi connectivity index (χ2v) is 3.95. The highest BCUT2D eigenvalue weighted by molar-refractivity contribution is 4.87. The molecule has 11 heavy (non-hydrogen) atoms. The van der Waals surface area contributed by atoms with E-state index in [-0.39, 0.29) is 5.41 Å². The molecule has 4 N–H and O–H groups in total. The molecule has 0 aliphatic carbocycles. The molecule has 0 aromatic carbocycles. The summed E-state index contributed by atoms with van der Waals surface area (Å²) in [4.78, 5) is 0. The zero-order valence-electron chi connectivity index (χ0n) is 8.22. The normalized spacial score (nSPS) is 13.1. The lowest BCUT2D eigenvalue weighted by Gasteiger charge is -2.39. The molecule has 0 saturated carbocycles. The van der Waals surface area contributed by atoms with Crippen LogP contribution in [0.1, 0.15) is 27.7 Å². The van der Waals surface area contributed by atoms with Crippen molar-refractivity contribution in [2.45, 2.75) is 27.7 Å². The Bertz CT molecular complexity index is 94.1. The van der Waals surface area contributed by atoms with Gasteiger partial charge in [-0.1, -0.05) is 27.7 Å². The fraction of sp³-hybridized carbons (Fsp3) is 1.00. The average molecular weight is 158 g/mol. The molecule has 0 radical (unpaired) electrons. The zero-order valence-corrected chi connectivity index (χ0v) is 8.22. The third-order valence-electron chi connectivity index (χ3n) is 3.06. The van der Waals surface area contributed by atoms with Crippen molar-refractivity contribution in [2.75, 3.05) is 13.1 Å². The Labute approximate surface area is 70.3 Å². The topological polar surface area (TPSA) is 52.0 Å². The molecular weight excluding hydrogens is 136 g/mol. The SMILES string of the molecule is CC(C)C(CN)(CN)C(C)C. The lowest BCUT2D eigenvalue weighted by molar-refractivity contribution is 0.133. The summed E-state index contributed by atoms with van der Waals surface area (Å²) in [5.74, 6) is 1.13. The van der Waals surface area contributed by atoms with Crippen LogP contribution in [0, 0.1) is 17.3 Å². The molecule has 0 aromatic heterocycles. The Hall–Kier alpha value is -0.0800. The van der Waals surface area contributed by atoms with Gasteiger partial charge in [-0.3, -0.25) is 0 Å². The minimum atomic E-state index is 0.139. The van der Waals surface area contributed by atoms with Gasteiger partial charge < -0.3 is 11.5 Å². The van der Waals surface area contributed by atoms with Crippen LogP contribution in [0.25, 0.3) is 0 Å². The van der Waals surface area contributed by atoms with E-state index >= 15 is 0 Å². The van der Waals surface area contributed by atoms with E-state index in [1.54, 1.807) is 0 Å². The number of nitrogens with two attached hydrogens (primary N) is 2. The standard InChI is InChI=1S/C9H22N2/c1-7(2)9(5-10,6-11)8(3)4/h7-8H,5-6,10-11H2,1-4H3. The molecule has 0 fully saturated rings. The van der Waals surface area contributed by atoms with Crippen molar-refractivity contribution in [3.63, 3.8) is 0 Å². The molecule has 0 atom stereocenters. The fourth-order valence-electron chi connectivity index (χ4n) is 1.69. The first-order chi connectivity index (χ1) is 5.01. The maximum atomic E-state index is 5.74. The van der Waals surface area contributed by atoms with Crippen molar-refractivity contribution in [1.82, 2.24) is 0 Å². The molecule has 0 unspecified atom stereocenters. The lowest BCUT2D eigenvalue weighted by Crippen LogP contribution is -2.46. The van der Waals surface area contributed by atoms with E-state index in [1.807, 2.05) is 0 Å². The van der Waals surface area contributed by atoms with E-state index in [2.05, 4.69) is 27.7 Å². The van der Waals surface area contributed by atoms with Gasteiger partial charge in [0.1, 0.15) is 0 Å². The minimum Gasteiger partial charge on any atom is -0.330 e. The van der Waals surface area contributed by atoms with E-state index in [1.165, 1.54) is 0 Å². The van der Waals surface area contributed by atoms with Crippen LogP contribution in [0.4, 0.5) is 0 Å². The highest BCUT2D eigenvalue weighted by Crippen LogP contribution is 2.33. The molecule has 0 bridgehead atoms. The maximum Gasteiger partial charge on any atom is -0.000351 e. The fourth-order valence-corrected chi connectivity index (χ4v) is 1.69. The lowest BCUT2D eigenvalue weighted by atomic mass is 9.69. The predicted molar refractivity (Wildman–Crippen MR) is 50.2 cm³/mol. The first kappa shape index (κ1) is 10.9. The van der Waals surface area contributed by atoms with Gasteiger partial charge in [-0.15, -0.1) is 0 Å². The Kier molecular flexibility index (Phi) is 4.04. The first-order valence-electron chi connectivity index (χ1n) is 4.41. The summed E-state index contributed by atoms with van der Waals surface area (Å²) in [6.45, 7) is 10.2. The molecule has 0 rings (SSSR count). The summed E-state index contributed by atoms with van der Waals surface area (Å²) in [5.41, 5.74) is 11.6. The Morgan fingerprint density at radius 3 is 1.18 bits per heavy atom. The van der Waals surface area contributed by atoms with Crippen LogP contribution >= 0.6 is 0 Å². The molecule has 0 heterocycles. The number of hydrogen-bond acceptors (Lipinski definition) is 2. The van der Waals surface area contributed by atoms with E-state index < -0.39 is 0 Å². The largest absolute Gasteiger partial charge is 0.330 e. The van der Waals surface area contributed by atoms with Gasteiger partial charge in [0.2, 0.25) is 0 Å². The van der Waals surface area contributed by atoms with E-state index in [0.29, 0.717) is 24.9 Å². The summed E-state index contributed by atoms with van der Waals surface area (Å²) in [6, 6.07) is 0. The molecule has 0 aromatic rings. The van der Waals surface area contributed by atoms with Crippen molar-refractivity contribution < 1.29 is 0 Å². The van der Waals surface area contributed by atoms with Crippen LogP contribution in [0.2, 0.25) is 0 Å². The predicted octanol–water partition coefficient (Wildman–Crippen LogP) is 1.20. The molecule has 2 nitrogen and oxygen atoms in total. The van der Waals surface area contributed by atoms with Gasteiger partial charge in [-0.2, -0.15) is 0 Å². The average Bonchev–Trinajstić information content (AvgIpc) is 1.90. The minimum absolute atomic E-state index is 0.139. The van der Waals surface area contributed by atoms with Crippen LogP contribution in [0.5, 0.6) is 0 Å². The third-order valence-corrected chi connectivity index (χ3v) is 3.06. The monoisotopic (exact) mass is 158 g/mol. The van der Waals surface area contributed by atoms with Crippen molar-refractivity contribution >= 4 is 0 Å². The summed E-state index contributed by atoms with van der Waals surface area (Å²) in [6.07, 6.45) is 0. The summed E-state index contributed by atoms with van der Waals surface area (Å²) in [7, 11) is 0. The zero-order chi connectivity index (χ0) is 9.07. The Morgan fingerprint density at radius 2 is 1.18 bits per heavy atom. The summed E-state index contributed by atoms with van der Waals surface area (Å²) < 4.78 is 0. The van der Waals surface area contributed by atoms with Crippen LogP contribution < -0.4 is 11.5 Å². The van der Waals surface area contributed by atoms with Crippen molar-refractivity contribution in [3.8, 4) is 0 Å². The van der Waals surface area contributed by atoms with Crippen molar-refractivity contribution in [1.29, 1.82) is 0 Å². The van der Waals surface area contributed by atoms with Crippen LogP contribution in [-0.4, -0.2) is 13.1 Å². The number of rotatable bonds is 4. The van der Waals surface area contributed by atoms with Crippen LogP contribution in [0.3, 0.4) is 0 Å². The van der Waals surface area contributed by atoms with E-state index in [9.17, 15) is 0 Å². The van der Waals surface area contributed by atoms with Gasteiger partial charge in [-0.25, -0.2) is 0 Å². The highest BCUT2D eigenvalue weighted by atomic mass is 14.7. The third kappa shape index (κ3) is 1.94. The quantitative estimate of drug-likeness (QED) is 0.646. The van der Waals surface area contributed by atoms with E-state index in [4.69, 9.17) is 11.5 Å². The molecule has 2 heteroatoms. The molecule has 0 aliphatic heterocycles.